The minimum atomic E-state index is -4.43. The maximum Gasteiger partial charge on any atom is 0.416 e. The molecular formula is C22H16F3N7O2. The van der Waals surface area contributed by atoms with Gasteiger partial charge in [0.1, 0.15) is 12.9 Å². The van der Waals surface area contributed by atoms with E-state index in [1.807, 2.05) is 31.2 Å². The van der Waals surface area contributed by atoms with Crippen LogP contribution in [0.5, 0.6) is 0 Å². The summed E-state index contributed by atoms with van der Waals surface area (Å²) in [6.07, 6.45) is -3.10. The molecule has 0 bridgehead atoms. The van der Waals surface area contributed by atoms with Crippen LogP contribution in [0.25, 0.3) is 22.6 Å². The number of nitrogens with zero attached hydrogens (tertiary/aromatic N) is 7. The molecule has 2 aromatic carbocycles. The lowest BCUT2D eigenvalue weighted by molar-refractivity contribution is -0.137. The first-order valence-electron chi connectivity index (χ1n) is 10.1. The van der Waals surface area contributed by atoms with Crippen LogP contribution in [0, 0.1) is 6.92 Å². The van der Waals surface area contributed by atoms with Gasteiger partial charge in [0, 0.05) is 5.56 Å². The van der Waals surface area contributed by atoms with Crippen molar-refractivity contribution in [3.63, 3.8) is 0 Å². The number of benzene rings is 2. The normalized spacial score (nSPS) is 11.9. The highest BCUT2D eigenvalue weighted by Crippen LogP contribution is 2.30. The molecule has 5 rings (SSSR count). The van der Waals surface area contributed by atoms with Crippen molar-refractivity contribution in [2.24, 2.45) is 0 Å². The van der Waals surface area contributed by atoms with E-state index in [0.717, 1.165) is 23.3 Å². The third-order valence-electron chi connectivity index (χ3n) is 5.19. The van der Waals surface area contributed by atoms with E-state index in [1.165, 1.54) is 23.0 Å². The molecule has 3 aromatic heterocycles. The van der Waals surface area contributed by atoms with E-state index in [2.05, 4.69) is 25.4 Å². The van der Waals surface area contributed by atoms with Crippen LogP contribution in [-0.2, 0) is 19.3 Å². The Labute approximate surface area is 189 Å². The van der Waals surface area contributed by atoms with E-state index in [-0.39, 0.29) is 23.8 Å². The molecule has 12 heteroatoms. The largest absolute Gasteiger partial charge is 0.416 e. The Hall–Kier alpha value is -4.35. The predicted molar refractivity (Wildman–Crippen MR) is 114 cm³/mol. The molecule has 34 heavy (non-hydrogen) atoms. The van der Waals surface area contributed by atoms with Crippen LogP contribution >= 0.6 is 0 Å². The van der Waals surface area contributed by atoms with Crippen LogP contribution in [0.15, 0.2) is 64.2 Å². The Kier molecular flexibility index (Phi) is 5.19. The zero-order valence-corrected chi connectivity index (χ0v) is 17.7. The lowest BCUT2D eigenvalue weighted by Gasteiger charge is -2.05. The van der Waals surface area contributed by atoms with Gasteiger partial charge in [0.25, 0.3) is 5.56 Å². The van der Waals surface area contributed by atoms with Crippen molar-refractivity contribution in [3.8, 4) is 11.4 Å². The van der Waals surface area contributed by atoms with Crippen molar-refractivity contribution < 1.29 is 17.7 Å². The second-order valence-electron chi connectivity index (χ2n) is 7.67. The standard InChI is InChI=1S/C22H16F3N7O2/c1-13-2-4-14(5-3-13)10-32-20-18(28-30-32)21(33)31(12-26-20)11-17-27-19(29-34-17)15-6-8-16(9-7-15)22(23,24)25/h2-9,12H,10-11H2,1H3. The maximum absolute atomic E-state index is 12.9. The van der Waals surface area contributed by atoms with Gasteiger partial charge in [-0.15, -0.1) is 5.10 Å². The summed E-state index contributed by atoms with van der Waals surface area (Å²) in [5, 5.41) is 11.8. The quantitative estimate of drug-likeness (QED) is 0.390. The molecule has 172 valence electrons. The molecular weight excluding hydrogens is 451 g/mol. The van der Waals surface area contributed by atoms with Gasteiger partial charge < -0.3 is 4.52 Å². The lowest BCUT2D eigenvalue weighted by atomic mass is 10.1. The van der Waals surface area contributed by atoms with Crippen LogP contribution < -0.4 is 5.56 Å². The lowest BCUT2D eigenvalue weighted by Crippen LogP contribution is -2.21. The number of aryl methyl sites for hydroxylation is 1. The minimum Gasteiger partial charge on any atom is -0.337 e. The molecule has 0 spiro atoms. The van der Waals surface area contributed by atoms with Crippen LogP contribution in [-0.4, -0.2) is 34.7 Å². The first-order chi connectivity index (χ1) is 16.3. The second-order valence-corrected chi connectivity index (χ2v) is 7.67. The van der Waals surface area contributed by atoms with Crippen molar-refractivity contribution in [2.45, 2.75) is 26.2 Å². The highest BCUT2D eigenvalue weighted by molar-refractivity contribution is 5.67. The van der Waals surface area contributed by atoms with Crippen molar-refractivity contribution in [3.05, 3.63) is 87.8 Å². The van der Waals surface area contributed by atoms with Crippen molar-refractivity contribution >= 4 is 11.2 Å². The fourth-order valence-corrected chi connectivity index (χ4v) is 3.36. The summed E-state index contributed by atoms with van der Waals surface area (Å²) in [4.78, 5) is 21.3. The first kappa shape index (κ1) is 21.5. The average Bonchev–Trinajstić information content (AvgIpc) is 3.44. The van der Waals surface area contributed by atoms with E-state index >= 15 is 0 Å². The molecule has 0 fully saturated rings. The Morgan fingerprint density at radius 3 is 2.44 bits per heavy atom. The molecule has 0 aliphatic heterocycles. The maximum atomic E-state index is 12.9. The third-order valence-corrected chi connectivity index (χ3v) is 5.19. The summed E-state index contributed by atoms with van der Waals surface area (Å²) in [5.41, 5.74) is 1.70. The fraction of sp³-hybridized carbons (Fsp3) is 0.182. The molecule has 0 aliphatic carbocycles. The second kappa shape index (κ2) is 8.21. The molecule has 5 aromatic rings. The Morgan fingerprint density at radius 1 is 1.00 bits per heavy atom. The van der Waals surface area contributed by atoms with Gasteiger partial charge in [-0.1, -0.05) is 52.3 Å². The van der Waals surface area contributed by atoms with E-state index < -0.39 is 17.3 Å². The SMILES string of the molecule is Cc1ccc(Cn2nnc3c(=O)n(Cc4nc(-c5ccc(C(F)(F)F)cc5)no4)cnc32)cc1. The van der Waals surface area contributed by atoms with E-state index in [1.54, 1.807) is 4.68 Å². The van der Waals surface area contributed by atoms with Gasteiger partial charge in [-0.25, -0.2) is 9.67 Å². The monoisotopic (exact) mass is 467 g/mol. The van der Waals surface area contributed by atoms with Crippen LogP contribution in [0.3, 0.4) is 0 Å². The number of alkyl halides is 3. The number of fused-ring (bicyclic) bond motifs is 1. The molecule has 0 amide bonds. The minimum absolute atomic E-state index is 0.0831. The molecule has 0 saturated carbocycles. The summed E-state index contributed by atoms with van der Waals surface area (Å²) in [7, 11) is 0. The average molecular weight is 467 g/mol. The summed E-state index contributed by atoms with van der Waals surface area (Å²) in [6, 6.07) is 12.3. The Balaban J connectivity index is 1.36. The third kappa shape index (κ3) is 4.17. The number of hydrogen-bond donors (Lipinski definition) is 0. The molecule has 0 N–H and O–H groups in total. The van der Waals surface area contributed by atoms with Gasteiger partial charge in [-0.3, -0.25) is 9.36 Å². The number of aromatic nitrogens is 7. The highest BCUT2D eigenvalue weighted by Gasteiger charge is 2.30. The van der Waals surface area contributed by atoms with Crippen LogP contribution in [0.2, 0.25) is 0 Å². The first-order valence-corrected chi connectivity index (χ1v) is 10.1. The predicted octanol–water partition coefficient (Wildman–Crippen LogP) is 3.46. The number of rotatable bonds is 5. The van der Waals surface area contributed by atoms with E-state index in [9.17, 15) is 18.0 Å². The highest BCUT2D eigenvalue weighted by atomic mass is 19.4. The number of halogens is 3. The smallest absolute Gasteiger partial charge is 0.337 e. The Bertz CT molecular complexity index is 1520. The van der Waals surface area contributed by atoms with Gasteiger partial charge in [0.15, 0.2) is 11.2 Å². The van der Waals surface area contributed by atoms with Crippen LogP contribution in [0.4, 0.5) is 13.2 Å². The summed E-state index contributed by atoms with van der Waals surface area (Å²) in [6.45, 7) is 2.32. The van der Waals surface area contributed by atoms with E-state index in [4.69, 9.17) is 4.52 Å². The van der Waals surface area contributed by atoms with Gasteiger partial charge >= 0.3 is 6.18 Å². The van der Waals surface area contributed by atoms with Gasteiger partial charge in [0.2, 0.25) is 11.7 Å². The molecule has 9 nitrogen and oxygen atoms in total. The van der Waals surface area contributed by atoms with Crippen molar-refractivity contribution in [1.29, 1.82) is 0 Å². The Morgan fingerprint density at radius 2 is 1.74 bits per heavy atom. The van der Waals surface area contributed by atoms with Gasteiger partial charge in [-0.05, 0) is 24.6 Å². The van der Waals surface area contributed by atoms with Crippen molar-refractivity contribution in [2.75, 3.05) is 0 Å². The van der Waals surface area contributed by atoms with Gasteiger partial charge in [-0.2, -0.15) is 18.2 Å². The van der Waals surface area contributed by atoms with E-state index in [0.29, 0.717) is 17.8 Å². The van der Waals surface area contributed by atoms with Crippen LogP contribution in [0.1, 0.15) is 22.6 Å². The topological polar surface area (TPSA) is 105 Å². The zero-order chi connectivity index (χ0) is 23.9. The van der Waals surface area contributed by atoms with Crippen molar-refractivity contribution in [1.82, 2.24) is 34.7 Å². The molecule has 0 radical (unpaired) electrons. The zero-order valence-electron chi connectivity index (χ0n) is 17.7. The summed E-state index contributed by atoms with van der Waals surface area (Å²) < 4.78 is 46.2. The molecule has 0 aliphatic rings. The molecule has 0 saturated heterocycles. The number of hydrogen-bond acceptors (Lipinski definition) is 7. The fourth-order valence-electron chi connectivity index (χ4n) is 3.36. The summed E-state index contributed by atoms with van der Waals surface area (Å²) in [5.74, 6) is 0.194. The summed E-state index contributed by atoms with van der Waals surface area (Å²) >= 11 is 0. The molecule has 0 unspecified atom stereocenters. The molecule has 0 atom stereocenters. The van der Waals surface area contributed by atoms with Gasteiger partial charge in [0.05, 0.1) is 12.1 Å². The molecule has 3 heterocycles.